The largest absolute Gasteiger partial charge is 0.491 e. The average Bonchev–Trinajstić information content (AvgIpc) is 2.60. The molecule has 1 atom stereocenters. The van der Waals surface area contributed by atoms with Gasteiger partial charge in [0, 0.05) is 11.8 Å². The molecule has 2 aromatic rings. The van der Waals surface area contributed by atoms with Crippen LogP contribution in [0.15, 0.2) is 39.6 Å². The van der Waals surface area contributed by atoms with Crippen molar-refractivity contribution in [3.8, 4) is 5.75 Å². The molecule has 0 N–H and O–H groups in total. The Balaban J connectivity index is 1.71. The summed E-state index contributed by atoms with van der Waals surface area (Å²) in [4.78, 5) is 12.4. The van der Waals surface area contributed by atoms with Crippen LogP contribution in [-0.2, 0) is 16.0 Å². The third-order valence-electron chi connectivity index (χ3n) is 3.95. The van der Waals surface area contributed by atoms with Crippen LogP contribution in [0.5, 0.6) is 5.75 Å². The monoisotopic (exact) mass is 411 g/mol. The van der Waals surface area contributed by atoms with Gasteiger partial charge >= 0.3 is 0 Å². The van der Waals surface area contributed by atoms with Crippen LogP contribution in [0.2, 0.25) is 0 Å². The molecule has 25 heavy (non-hydrogen) atoms. The Morgan fingerprint density at radius 2 is 2.16 bits per heavy atom. The molecule has 1 aromatic carbocycles. The maximum absolute atomic E-state index is 13.6. The standard InChI is InChI=1S/C18H19BrFNO4/c1-12-6-14(25-11-15-10-23-4-5-24-15)8-18(22)21(12)9-13-2-3-16(19)17(20)7-13/h2-3,6-8,15H,4-5,9-11H2,1H3. The van der Waals surface area contributed by atoms with Gasteiger partial charge in [-0.15, -0.1) is 0 Å². The van der Waals surface area contributed by atoms with Gasteiger partial charge in [0.2, 0.25) is 0 Å². The highest BCUT2D eigenvalue weighted by Gasteiger charge is 2.15. The Labute approximate surface area is 153 Å². The summed E-state index contributed by atoms with van der Waals surface area (Å²) in [5, 5.41) is 0. The topological polar surface area (TPSA) is 49.7 Å². The van der Waals surface area contributed by atoms with E-state index in [1.54, 1.807) is 22.8 Å². The van der Waals surface area contributed by atoms with Crippen molar-refractivity contribution < 1.29 is 18.6 Å². The molecule has 3 rings (SSSR count). The minimum atomic E-state index is -0.349. The Hall–Kier alpha value is -1.70. The summed E-state index contributed by atoms with van der Waals surface area (Å²) in [6.07, 6.45) is -0.123. The zero-order valence-electron chi connectivity index (χ0n) is 13.8. The molecule has 1 aliphatic heterocycles. The van der Waals surface area contributed by atoms with E-state index in [4.69, 9.17) is 14.2 Å². The predicted octanol–water partition coefficient (Wildman–Crippen LogP) is 2.90. The second-order valence-electron chi connectivity index (χ2n) is 5.88. The van der Waals surface area contributed by atoms with E-state index in [2.05, 4.69) is 15.9 Å². The van der Waals surface area contributed by atoms with Crippen LogP contribution < -0.4 is 10.3 Å². The first kappa shape index (κ1) is 18.1. The third-order valence-corrected chi connectivity index (χ3v) is 4.60. The van der Waals surface area contributed by atoms with Crippen molar-refractivity contribution in [1.29, 1.82) is 0 Å². The minimum Gasteiger partial charge on any atom is -0.491 e. The summed E-state index contributed by atoms with van der Waals surface area (Å²) in [6.45, 7) is 4.10. The van der Waals surface area contributed by atoms with Gasteiger partial charge in [-0.1, -0.05) is 6.07 Å². The Morgan fingerprint density at radius 3 is 2.84 bits per heavy atom. The lowest BCUT2D eigenvalue weighted by atomic mass is 10.2. The van der Waals surface area contributed by atoms with Crippen molar-refractivity contribution in [3.63, 3.8) is 0 Å². The number of ether oxygens (including phenoxy) is 3. The van der Waals surface area contributed by atoms with Crippen molar-refractivity contribution in [3.05, 3.63) is 62.2 Å². The zero-order chi connectivity index (χ0) is 17.8. The lowest BCUT2D eigenvalue weighted by Crippen LogP contribution is -2.33. The predicted molar refractivity (Wildman–Crippen MR) is 94.7 cm³/mol. The highest BCUT2D eigenvalue weighted by Crippen LogP contribution is 2.18. The van der Waals surface area contributed by atoms with Crippen molar-refractivity contribution in [2.24, 2.45) is 0 Å². The quantitative estimate of drug-likeness (QED) is 0.758. The second-order valence-corrected chi connectivity index (χ2v) is 6.74. The van der Waals surface area contributed by atoms with Crippen molar-refractivity contribution in [2.45, 2.75) is 19.6 Å². The fraction of sp³-hybridized carbons (Fsp3) is 0.389. The van der Waals surface area contributed by atoms with Crippen LogP contribution in [0.1, 0.15) is 11.3 Å². The molecule has 0 radical (unpaired) electrons. The molecule has 0 spiro atoms. The number of rotatable bonds is 5. The van der Waals surface area contributed by atoms with E-state index in [0.29, 0.717) is 48.8 Å². The van der Waals surface area contributed by atoms with E-state index in [1.807, 2.05) is 6.92 Å². The summed E-state index contributed by atoms with van der Waals surface area (Å²) in [5.74, 6) is 0.146. The lowest BCUT2D eigenvalue weighted by molar-refractivity contribution is -0.101. The van der Waals surface area contributed by atoms with E-state index in [9.17, 15) is 9.18 Å². The molecule has 1 saturated heterocycles. The molecule has 1 unspecified atom stereocenters. The van der Waals surface area contributed by atoms with Gasteiger partial charge in [0.15, 0.2) is 0 Å². The molecule has 0 aliphatic carbocycles. The van der Waals surface area contributed by atoms with Crippen LogP contribution >= 0.6 is 15.9 Å². The van der Waals surface area contributed by atoms with Gasteiger partial charge in [0.05, 0.1) is 30.8 Å². The number of hydrogen-bond donors (Lipinski definition) is 0. The molecule has 1 fully saturated rings. The maximum atomic E-state index is 13.6. The van der Waals surface area contributed by atoms with E-state index in [1.165, 1.54) is 12.1 Å². The molecular formula is C18H19BrFNO4. The smallest absolute Gasteiger partial charge is 0.254 e. The van der Waals surface area contributed by atoms with E-state index in [0.717, 1.165) is 5.69 Å². The SMILES string of the molecule is Cc1cc(OCC2COCCO2)cc(=O)n1Cc1ccc(Br)c(F)c1. The summed E-state index contributed by atoms with van der Waals surface area (Å²) in [6, 6.07) is 8.06. The average molecular weight is 412 g/mol. The normalized spacial score (nSPS) is 17.5. The molecule has 134 valence electrons. The molecule has 1 aliphatic rings. The van der Waals surface area contributed by atoms with Gasteiger partial charge in [0.1, 0.15) is 24.3 Å². The van der Waals surface area contributed by atoms with Crippen LogP contribution in [0.3, 0.4) is 0 Å². The van der Waals surface area contributed by atoms with Gasteiger partial charge in [-0.2, -0.15) is 0 Å². The fourth-order valence-electron chi connectivity index (χ4n) is 2.63. The summed E-state index contributed by atoms with van der Waals surface area (Å²) >= 11 is 3.12. The number of hydrogen-bond acceptors (Lipinski definition) is 4. The van der Waals surface area contributed by atoms with Crippen LogP contribution in [0.4, 0.5) is 4.39 Å². The molecule has 7 heteroatoms. The molecule has 0 saturated carbocycles. The highest BCUT2D eigenvalue weighted by atomic mass is 79.9. The molecular weight excluding hydrogens is 393 g/mol. The van der Waals surface area contributed by atoms with Crippen molar-refractivity contribution in [2.75, 3.05) is 26.4 Å². The van der Waals surface area contributed by atoms with Gasteiger partial charge in [-0.25, -0.2) is 4.39 Å². The Bertz CT molecular complexity index is 802. The first-order valence-corrected chi connectivity index (χ1v) is 8.80. The molecule has 5 nitrogen and oxygen atoms in total. The molecule has 1 aromatic heterocycles. The molecule has 0 bridgehead atoms. The van der Waals surface area contributed by atoms with Crippen LogP contribution in [-0.4, -0.2) is 37.1 Å². The minimum absolute atomic E-state index is 0.123. The van der Waals surface area contributed by atoms with Crippen molar-refractivity contribution in [1.82, 2.24) is 4.57 Å². The first-order chi connectivity index (χ1) is 12.0. The number of nitrogens with zero attached hydrogens (tertiary/aromatic N) is 1. The van der Waals surface area contributed by atoms with E-state index >= 15 is 0 Å². The van der Waals surface area contributed by atoms with E-state index in [-0.39, 0.29) is 17.5 Å². The number of halogens is 2. The highest BCUT2D eigenvalue weighted by molar-refractivity contribution is 9.10. The summed E-state index contributed by atoms with van der Waals surface area (Å²) < 4.78 is 32.1. The van der Waals surface area contributed by atoms with Crippen LogP contribution in [0, 0.1) is 12.7 Å². The number of benzene rings is 1. The second kappa shape index (κ2) is 8.12. The Kier molecular flexibility index (Phi) is 5.88. The molecule has 0 amide bonds. The Morgan fingerprint density at radius 1 is 1.32 bits per heavy atom. The van der Waals surface area contributed by atoms with Crippen LogP contribution in [0.25, 0.3) is 0 Å². The zero-order valence-corrected chi connectivity index (χ0v) is 15.4. The summed E-state index contributed by atoms with van der Waals surface area (Å²) in [7, 11) is 0. The number of aryl methyl sites for hydroxylation is 1. The van der Waals surface area contributed by atoms with Gasteiger partial charge < -0.3 is 18.8 Å². The van der Waals surface area contributed by atoms with Crippen molar-refractivity contribution >= 4 is 15.9 Å². The van der Waals surface area contributed by atoms with Gasteiger partial charge in [-0.05, 0) is 46.6 Å². The van der Waals surface area contributed by atoms with Gasteiger partial charge in [0.25, 0.3) is 5.56 Å². The fourth-order valence-corrected chi connectivity index (χ4v) is 2.87. The third kappa shape index (κ3) is 4.68. The molecule has 2 heterocycles. The number of aromatic nitrogens is 1. The van der Waals surface area contributed by atoms with E-state index < -0.39 is 0 Å². The number of pyridine rings is 1. The first-order valence-electron chi connectivity index (χ1n) is 8.00. The lowest BCUT2D eigenvalue weighted by Gasteiger charge is -2.23. The summed E-state index contributed by atoms with van der Waals surface area (Å²) in [5.41, 5.74) is 1.26. The van der Waals surface area contributed by atoms with Gasteiger partial charge in [-0.3, -0.25) is 4.79 Å². The maximum Gasteiger partial charge on any atom is 0.254 e.